The van der Waals surface area contributed by atoms with Crippen LogP contribution in [0.1, 0.15) is 5.56 Å². The number of nitrogens with one attached hydrogen (secondary N) is 1. The molecule has 1 N–H and O–H groups in total. The maximum absolute atomic E-state index is 4.47. The molecule has 0 saturated carbocycles. The Morgan fingerprint density at radius 1 is 1.00 bits per heavy atom. The van der Waals surface area contributed by atoms with Crippen molar-refractivity contribution in [3.63, 3.8) is 0 Å². The number of benzene rings is 1. The first kappa shape index (κ1) is 19.0. The third kappa shape index (κ3) is 4.74. The fourth-order valence-electron chi connectivity index (χ4n) is 3.58. The molecule has 7 heteroatoms. The fourth-order valence-corrected chi connectivity index (χ4v) is 3.58. The molecule has 1 saturated heterocycles. The molecular formula is C22H27N7. The molecule has 0 amide bonds. The molecular weight excluding hydrogens is 362 g/mol. The summed E-state index contributed by atoms with van der Waals surface area (Å²) >= 11 is 0. The van der Waals surface area contributed by atoms with Crippen LogP contribution in [0.3, 0.4) is 0 Å². The van der Waals surface area contributed by atoms with E-state index in [0.29, 0.717) is 0 Å². The van der Waals surface area contributed by atoms with Crippen LogP contribution in [0.4, 0.5) is 5.82 Å². The van der Waals surface area contributed by atoms with Crippen LogP contribution in [0.2, 0.25) is 0 Å². The quantitative estimate of drug-likeness (QED) is 0.536. The number of nitrogens with zero attached hydrogens (tertiary/aromatic N) is 6. The van der Waals surface area contributed by atoms with Crippen molar-refractivity contribution >= 4 is 11.8 Å². The van der Waals surface area contributed by atoms with E-state index in [4.69, 9.17) is 0 Å². The number of anilines is 1. The van der Waals surface area contributed by atoms with Crippen LogP contribution in [-0.4, -0.2) is 65.4 Å². The number of piperazine rings is 1. The maximum Gasteiger partial charge on any atom is 0.193 e. The molecule has 0 atom stereocenters. The predicted molar refractivity (Wildman–Crippen MR) is 117 cm³/mol. The minimum absolute atomic E-state index is 0.855. The van der Waals surface area contributed by atoms with Crippen LogP contribution in [0, 0.1) is 0 Å². The first-order chi connectivity index (χ1) is 14.3. The van der Waals surface area contributed by atoms with Crippen molar-refractivity contribution in [1.29, 1.82) is 0 Å². The smallest absolute Gasteiger partial charge is 0.193 e. The molecule has 2 aromatic heterocycles. The Bertz CT molecular complexity index is 896. The number of aromatic nitrogens is 3. The summed E-state index contributed by atoms with van der Waals surface area (Å²) in [5.41, 5.74) is 2.37. The highest BCUT2D eigenvalue weighted by atomic mass is 15.4. The molecule has 1 aliphatic heterocycles. The Kier molecular flexibility index (Phi) is 6.04. The van der Waals surface area contributed by atoms with Gasteiger partial charge < -0.3 is 15.1 Å². The van der Waals surface area contributed by atoms with Gasteiger partial charge in [-0.3, -0.25) is 4.99 Å². The van der Waals surface area contributed by atoms with Gasteiger partial charge in [0.05, 0.1) is 5.69 Å². The number of rotatable bonds is 5. The van der Waals surface area contributed by atoms with Gasteiger partial charge in [0.25, 0.3) is 0 Å². The standard InChI is InChI=1S/C22H27N7/c1-23-22(28-17-15-27(16-18-28)21-5-2-3-11-24-21)25-13-10-19-6-8-20(9-7-19)29-14-4-12-26-29/h2-9,11-12,14H,10,13,15-18H2,1H3,(H,23,25). The molecule has 0 bridgehead atoms. The van der Waals surface area contributed by atoms with Crippen LogP contribution >= 0.6 is 0 Å². The first-order valence-corrected chi connectivity index (χ1v) is 10.0. The molecule has 1 fully saturated rings. The molecule has 0 unspecified atom stereocenters. The molecule has 0 spiro atoms. The molecule has 0 aliphatic carbocycles. The summed E-state index contributed by atoms with van der Waals surface area (Å²) in [5, 5.41) is 7.77. The zero-order chi connectivity index (χ0) is 19.9. The minimum Gasteiger partial charge on any atom is -0.356 e. The third-order valence-electron chi connectivity index (χ3n) is 5.17. The van der Waals surface area contributed by atoms with Crippen molar-refractivity contribution < 1.29 is 0 Å². The lowest BCUT2D eigenvalue weighted by Crippen LogP contribution is -2.53. The lowest BCUT2D eigenvalue weighted by molar-refractivity contribution is 0.372. The van der Waals surface area contributed by atoms with Gasteiger partial charge in [0, 0.05) is 58.4 Å². The molecule has 0 radical (unpaired) electrons. The SMILES string of the molecule is CN=C(NCCc1ccc(-n2cccn2)cc1)N1CCN(c2ccccn2)CC1. The summed E-state index contributed by atoms with van der Waals surface area (Å²) in [6.45, 7) is 4.64. The number of hydrogen-bond donors (Lipinski definition) is 1. The van der Waals surface area contributed by atoms with E-state index in [-0.39, 0.29) is 0 Å². The number of pyridine rings is 1. The largest absolute Gasteiger partial charge is 0.356 e. The Balaban J connectivity index is 1.25. The summed E-state index contributed by atoms with van der Waals surface area (Å²) in [5.74, 6) is 2.02. The van der Waals surface area contributed by atoms with Crippen molar-refractivity contribution in [2.24, 2.45) is 4.99 Å². The highest BCUT2D eigenvalue weighted by molar-refractivity contribution is 5.80. The van der Waals surface area contributed by atoms with Crippen molar-refractivity contribution in [1.82, 2.24) is 25.0 Å². The van der Waals surface area contributed by atoms with Crippen molar-refractivity contribution in [3.05, 3.63) is 72.7 Å². The van der Waals surface area contributed by atoms with Crippen LogP contribution in [0.25, 0.3) is 5.69 Å². The highest BCUT2D eigenvalue weighted by Gasteiger charge is 2.20. The lowest BCUT2D eigenvalue weighted by atomic mass is 10.1. The van der Waals surface area contributed by atoms with Gasteiger partial charge in [0.1, 0.15) is 5.82 Å². The van der Waals surface area contributed by atoms with Crippen molar-refractivity contribution in [3.8, 4) is 5.69 Å². The Morgan fingerprint density at radius 3 is 2.48 bits per heavy atom. The van der Waals surface area contributed by atoms with Crippen LogP contribution in [0.5, 0.6) is 0 Å². The lowest BCUT2D eigenvalue weighted by Gasteiger charge is -2.37. The molecule has 3 heterocycles. The summed E-state index contributed by atoms with van der Waals surface area (Å²) in [7, 11) is 1.85. The topological polar surface area (TPSA) is 61.6 Å². The molecule has 4 rings (SSSR count). The first-order valence-electron chi connectivity index (χ1n) is 10.0. The number of guanidine groups is 1. The van der Waals surface area contributed by atoms with Gasteiger partial charge in [0.2, 0.25) is 0 Å². The Morgan fingerprint density at radius 2 is 1.83 bits per heavy atom. The average Bonchev–Trinajstić information content (AvgIpc) is 3.33. The van der Waals surface area contributed by atoms with E-state index in [0.717, 1.165) is 56.6 Å². The van der Waals surface area contributed by atoms with E-state index in [1.54, 1.807) is 6.20 Å². The minimum atomic E-state index is 0.855. The van der Waals surface area contributed by atoms with Gasteiger partial charge in [-0.15, -0.1) is 0 Å². The zero-order valence-corrected chi connectivity index (χ0v) is 16.8. The monoisotopic (exact) mass is 389 g/mol. The van der Waals surface area contributed by atoms with Gasteiger partial charge in [-0.2, -0.15) is 5.10 Å². The van der Waals surface area contributed by atoms with E-state index in [9.17, 15) is 0 Å². The fraction of sp³-hybridized carbons (Fsp3) is 0.318. The van der Waals surface area contributed by atoms with Crippen LogP contribution < -0.4 is 10.2 Å². The average molecular weight is 390 g/mol. The van der Waals surface area contributed by atoms with Gasteiger partial charge in [0.15, 0.2) is 5.96 Å². The Labute approximate surface area is 171 Å². The van der Waals surface area contributed by atoms with E-state index in [2.05, 4.69) is 60.5 Å². The number of aliphatic imine (C=N–C) groups is 1. The van der Waals surface area contributed by atoms with E-state index >= 15 is 0 Å². The van der Waals surface area contributed by atoms with Gasteiger partial charge in [-0.05, 0) is 42.3 Å². The van der Waals surface area contributed by atoms with E-state index in [1.165, 1.54) is 5.56 Å². The molecule has 7 nitrogen and oxygen atoms in total. The summed E-state index contributed by atoms with van der Waals surface area (Å²) in [4.78, 5) is 13.6. The van der Waals surface area contributed by atoms with E-state index < -0.39 is 0 Å². The van der Waals surface area contributed by atoms with Crippen LogP contribution in [0.15, 0.2) is 72.1 Å². The maximum atomic E-state index is 4.47. The molecule has 150 valence electrons. The summed E-state index contributed by atoms with van der Waals surface area (Å²) in [6.07, 6.45) is 6.55. The highest BCUT2D eigenvalue weighted by Crippen LogP contribution is 2.13. The van der Waals surface area contributed by atoms with Crippen LogP contribution in [-0.2, 0) is 6.42 Å². The van der Waals surface area contributed by atoms with Gasteiger partial charge in [-0.25, -0.2) is 9.67 Å². The second-order valence-corrected chi connectivity index (χ2v) is 7.00. The molecule has 1 aliphatic rings. The number of hydrogen-bond acceptors (Lipinski definition) is 4. The summed E-state index contributed by atoms with van der Waals surface area (Å²) < 4.78 is 1.87. The molecule has 1 aromatic carbocycles. The van der Waals surface area contributed by atoms with Crippen molar-refractivity contribution in [2.75, 3.05) is 44.7 Å². The Hall–Kier alpha value is -3.35. The summed E-state index contributed by atoms with van der Waals surface area (Å²) in [6, 6.07) is 16.5. The zero-order valence-electron chi connectivity index (χ0n) is 16.8. The van der Waals surface area contributed by atoms with Crippen molar-refractivity contribution in [2.45, 2.75) is 6.42 Å². The third-order valence-corrected chi connectivity index (χ3v) is 5.17. The predicted octanol–water partition coefficient (Wildman–Crippen LogP) is 2.21. The second kappa shape index (κ2) is 9.23. The van der Waals surface area contributed by atoms with Gasteiger partial charge >= 0.3 is 0 Å². The normalized spacial score (nSPS) is 14.9. The van der Waals surface area contributed by atoms with Gasteiger partial charge in [-0.1, -0.05) is 18.2 Å². The second-order valence-electron chi connectivity index (χ2n) is 7.00. The van der Waals surface area contributed by atoms with E-state index in [1.807, 2.05) is 42.3 Å². The molecule has 29 heavy (non-hydrogen) atoms. The molecule has 3 aromatic rings.